The summed E-state index contributed by atoms with van der Waals surface area (Å²) in [5.41, 5.74) is 1.01. The fraction of sp³-hybridized carbons (Fsp3) is 0.524. The molecule has 10 heteroatoms. The molecule has 3 fully saturated rings. The Bertz CT molecular complexity index is 951. The van der Waals surface area contributed by atoms with Gasteiger partial charge in [0.05, 0.1) is 6.04 Å². The van der Waals surface area contributed by atoms with E-state index in [9.17, 15) is 9.59 Å². The zero-order valence-corrected chi connectivity index (χ0v) is 17.0. The van der Waals surface area contributed by atoms with Crippen molar-refractivity contribution in [2.75, 3.05) is 6.54 Å². The molecule has 10 nitrogen and oxygen atoms in total. The zero-order valence-electron chi connectivity index (χ0n) is 17.0. The molecule has 2 aliphatic heterocycles. The normalized spacial score (nSPS) is 27.7. The van der Waals surface area contributed by atoms with Crippen molar-refractivity contribution in [3.63, 3.8) is 0 Å². The number of benzene rings is 1. The van der Waals surface area contributed by atoms with E-state index in [-0.39, 0.29) is 30.1 Å². The van der Waals surface area contributed by atoms with Crippen LogP contribution in [0.2, 0.25) is 0 Å². The van der Waals surface area contributed by atoms with E-state index in [1.165, 1.54) is 5.06 Å². The summed E-state index contributed by atoms with van der Waals surface area (Å²) in [6.45, 7) is 0.920. The monoisotopic (exact) mass is 427 g/mol. The molecule has 4 atom stereocenters. The predicted octanol–water partition coefficient (Wildman–Crippen LogP) is 3.05. The van der Waals surface area contributed by atoms with Crippen LogP contribution >= 0.6 is 0 Å². The number of hydroxylamine groups is 2. The molecule has 0 radical (unpaired) electrons. The fourth-order valence-electron chi connectivity index (χ4n) is 4.83. The number of hydrogen-bond donors (Lipinski definition) is 2. The maximum absolute atomic E-state index is 13.0. The molecule has 2 saturated heterocycles. The molecule has 1 saturated carbocycles. The summed E-state index contributed by atoms with van der Waals surface area (Å²) >= 11 is 0. The van der Waals surface area contributed by atoms with Gasteiger partial charge >= 0.3 is 12.1 Å². The summed E-state index contributed by atoms with van der Waals surface area (Å²) in [5.74, 6) is 1.01. The van der Waals surface area contributed by atoms with Crippen LogP contribution in [0.25, 0.3) is 0 Å². The van der Waals surface area contributed by atoms with Crippen molar-refractivity contribution < 1.29 is 24.0 Å². The summed E-state index contributed by atoms with van der Waals surface area (Å²) in [6.07, 6.45) is 2.70. The van der Waals surface area contributed by atoms with Crippen LogP contribution in [0.3, 0.4) is 0 Å². The average molecular weight is 427 g/mol. The molecular weight excluding hydrogens is 402 g/mol. The van der Waals surface area contributed by atoms with Crippen molar-refractivity contribution >= 4 is 12.1 Å². The van der Waals surface area contributed by atoms with E-state index in [1.807, 2.05) is 30.3 Å². The van der Waals surface area contributed by atoms with Gasteiger partial charge in [0.1, 0.15) is 12.6 Å². The summed E-state index contributed by atoms with van der Waals surface area (Å²) in [5, 5.41) is 21.4. The smallest absolute Gasteiger partial charge is 0.404 e. The molecule has 5 rings (SSSR count). The van der Waals surface area contributed by atoms with Gasteiger partial charge in [0.2, 0.25) is 11.8 Å². The molecule has 0 spiro atoms. The van der Waals surface area contributed by atoms with E-state index in [4.69, 9.17) is 14.4 Å². The first-order valence-electron chi connectivity index (χ1n) is 10.7. The molecule has 164 valence electrons. The largest absolute Gasteiger partial charge is 0.465 e. The van der Waals surface area contributed by atoms with Gasteiger partial charge in [0.25, 0.3) is 0 Å². The van der Waals surface area contributed by atoms with Crippen molar-refractivity contribution in [1.29, 1.82) is 0 Å². The molecular formula is C21H25N5O5. The van der Waals surface area contributed by atoms with Gasteiger partial charge in [-0.3, -0.25) is 4.84 Å². The van der Waals surface area contributed by atoms with Crippen molar-refractivity contribution in [3.05, 3.63) is 47.7 Å². The molecule has 1 aromatic carbocycles. The van der Waals surface area contributed by atoms with E-state index in [0.29, 0.717) is 31.4 Å². The lowest BCUT2D eigenvalue weighted by atomic mass is 10.0. The van der Waals surface area contributed by atoms with Gasteiger partial charge in [-0.1, -0.05) is 30.3 Å². The quantitative estimate of drug-likeness (QED) is 0.727. The Labute approximate surface area is 179 Å². The molecule has 1 aromatic heterocycles. The number of carboxylic acid groups (broad SMARTS) is 1. The minimum Gasteiger partial charge on any atom is -0.465 e. The highest BCUT2D eigenvalue weighted by molar-refractivity contribution is 5.77. The summed E-state index contributed by atoms with van der Waals surface area (Å²) in [7, 11) is 0. The Morgan fingerprint density at radius 1 is 1.16 bits per heavy atom. The number of aromatic nitrogens is 2. The Hall–Kier alpha value is -3.14. The Morgan fingerprint density at radius 2 is 1.97 bits per heavy atom. The lowest BCUT2D eigenvalue weighted by Crippen LogP contribution is -2.34. The maximum atomic E-state index is 13.0. The lowest BCUT2D eigenvalue weighted by Gasteiger charge is -2.27. The van der Waals surface area contributed by atoms with Gasteiger partial charge in [0.15, 0.2) is 0 Å². The number of nitrogens with one attached hydrogen (secondary N) is 1. The minimum absolute atomic E-state index is 0.0209. The Morgan fingerprint density at radius 3 is 2.77 bits per heavy atom. The third kappa shape index (κ3) is 3.95. The van der Waals surface area contributed by atoms with Gasteiger partial charge in [0, 0.05) is 18.5 Å². The maximum Gasteiger partial charge on any atom is 0.404 e. The molecule has 0 unspecified atom stereocenters. The first kappa shape index (κ1) is 19.8. The van der Waals surface area contributed by atoms with Crippen LogP contribution in [0.5, 0.6) is 0 Å². The third-order valence-electron chi connectivity index (χ3n) is 6.39. The van der Waals surface area contributed by atoms with E-state index < -0.39 is 6.09 Å². The van der Waals surface area contributed by atoms with Gasteiger partial charge in [-0.2, -0.15) is 5.06 Å². The van der Waals surface area contributed by atoms with Crippen LogP contribution in [0, 0.1) is 0 Å². The van der Waals surface area contributed by atoms with Crippen molar-refractivity contribution in [2.45, 2.75) is 62.8 Å². The highest BCUT2D eigenvalue weighted by Crippen LogP contribution is 2.40. The second-order valence-electron chi connectivity index (χ2n) is 8.40. The van der Waals surface area contributed by atoms with Gasteiger partial charge in [-0.05, 0) is 37.7 Å². The number of rotatable bonds is 6. The van der Waals surface area contributed by atoms with Crippen LogP contribution in [0.4, 0.5) is 9.59 Å². The van der Waals surface area contributed by atoms with Crippen molar-refractivity contribution in [1.82, 2.24) is 25.5 Å². The number of nitrogens with zero attached hydrogens (tertiary/aromatic N) is 4. The first-order chi connectivity index (χ1) is 15.1. The number of fused-ring (bicyclic) bond motifs is 2. The van der Waals surface area contributed by atoms with E-state index in [0.717, 1.165) is 31.2 Å². The van der Waals surface area contributed by atoms with Crippen molar-refractivity contribution in [2.24, 2.45) is 0 Å². The number of carbonyl (C=O) groups excluding carboxylic acids is 1. The standard InChI is InChI=1S/C21H25N5O5/c27-20(28)22-15-7-6-14(10-15)18-23-24-19(31-18)17-9-8-16-11-25(17)21(29)26(16)30-12-13-4-2-1-3-5-13/h1-5,14-17,22H,6-12H2,(H,27,28)/t14-,15+,16+,17-/m0/s1. The van der Waals surface area contributed by atoms with Gasteiger partial charge in [-0.15, -0.1) is 10.2 Å². The molecule has 3 aliphatic rings. The Balaban J connectivity index is 1.23. The molecule has 31 heavy (non-hydrogen) atoms. The second kappa shape index (κ2) is 8.18. The highest BCUT2D eigenvalue weighted by atomic mass is 16.7. The number of piperidine rings is 1. The summed E-state index contributed by atoms with van der Waals surface area (Å²) in [6, 6.07) is 9.27. The SMILES string of the molecule is O=C(O)N[C@@H]1CC[C@H](c2nnc([C@@H]3CC[C@@H]4CN3C(=O)N4OCc3ccccc3)o2)C1. The molecule has 2 aromatic rings. The summed E-state index contributed by atoms with van der Waals surface area (Å²) in [4.78, 5) is 31.4. The van der Waals surface area contributed by atoms with E-state index >= 15 is 0 Å². The van der Waals surface area contributed by atoms with Gasteiger partial charge < -0.3 is 19.7 Å². The number of urea groups is 1. The molecule has 3 heterocycles. The predicted molar refractivity (Wildman–Crippen MR) is 107 cm³/mol. The van der Waals surface area contributed by atoms with Crippen LogP contribution in [-0.4, -0.2) is 56.0 Å². The van der Waals surface area contributed by atoms with E-state index in [2.05, 4.69) is 15.5 Å². The summed E-state index contributed by atoms with van der Waals surface area (Å²) < 4.78 is 5.97. The van der Waals surface area contributed by atoms with Crippen LogP contribution in [0.1, 0.15) is 61.4 Å². The van der Waals surface area contributed by atoms with Gasteiger partial charge in [-0.25, -0.2) is 9.59 Å². The third-order valence-corrected chi connectivity index (χ3v) is 6.39. The number of amides is 3. The highest BCUT2D eigenvalue weighted by Gasteiger charge is 2.48. The van der Waals surface area contributed by atoms with Crippen molar-refractivity contribution in [3.8, 4) is 0 Å². The average Bonchev–Trinajstić information content (AvgIpc) is 3.48. The lowest BCUT2D eigenvalue weighted by molar-refractivity contribution is -0.140. The minimum atomic E-state index is -1.01. The molecule has 2 bridgehead atoms. The molecule has 1 aliphatic carbocycles. The molecule has 2 N–H and O–H groups in total. The molecule has 3 amide bonds. The van der Waals surface area contributed by atoms with E-state index in [1.54, 1.807) is 4.90 Å². The second-order valence-corrected chi connectivity index (χ2v) is 8.40. The topological polar surface area (TPSA) is 121 Å². The number of carbonyl (C=O) groups is 2. The fourth-order valence-corrected chi connectivity index (χ4v) is 4.83. The number of hydrogen-bond acceptors (Lipinski definition) is 6. The van der Waals surface area contributed by atoms with Crippen LogP contribution in [0.15, 0.2) is 34.7 Å². The van der Waals surface area contributed by atoms with Crippen LogP contribution in [-0.2, 0) is 11.4 Å². The Kier molecular flexibility index (Phi) is 5.23. The first-order valence-corrected chi connectivity index (χ1v) is 10.7. The van der Waals surface area contributed by atoms with Crippen LogP contribution < -0.4 is 5.32 Å². The zero-order chi connectivity index (χ0) is 21.4.